The number of benzene rings is 2. The Hall–Kier alpha value is -2.89. The second-order valence-electron chi connectivity index (χ2n) is 7.55. The lowest BCUT2D eigenvalue weighted by Crippen LogP contribution is -2.61. The Morgan fingerprint density at radius 2 is 1.92 bits per heavy atom. The van der Waals surface area contributed by atoms with Crippen molar-refractivity contribution >= 4 is 23.3 Å². The molecule has 1 atom stereocenters. The highest BCUT2D eigenvalue weighted by atomic mass is 16.6. The maximum absolute atomic E-state index is 11.0. The van der Waals surface area contributed by atoms with E-state index < -0.39 is 10.6 Å². The van der Waals surface area contributed by atoms with E-state index in [-0.39, 0.29) is 11.1 Å². The van der Waals surface area contributed by atoms with Gasteiger partial charge in [0.05, 0.1) is 16.6 Å². The molecule has 0 aliphatic carbocycles. The molecule has 0 aromatic heterocycles. The van der Waals surface area contributed by atoms with Gasteiger partial charge in [0.15, 0.2) is 0 Å². The molecule has 2 aromatic carbocycles. The third-order valence-corrected chi connectivity index (χ3v) is 5.89. The molecule has 0 saturated heterocycles. The van der Waals surface area contributed by atoms with Crippen LogP contribution in [0.5, 0.6) is 5.75 Å². The lowest BCUT2D eigenvalue weighted by Gasteiger charge is -2.44. The molecule has 0 amide bonds. The highest BCUT2D eigenvalue weighted by Crippen LogP contribution is 2.54. The van der Waals surface area contributed by atoms with Crippen LogP contribution in [0.2, 0.25) is 0 Å². The van der Waals surface area contributed by atoms with Crippen LogP contribution in [-0.4, -0.2) is 23.9 Å². The van der Waals surface area contributed by atoms with E-state index in [9.17, 15) is 10.1 Å². The lowest BCUT2D eigenvalue weighted by molar-refractivity contribution is -0.384. The van der Waals surface area contributed by atoms with Crippen LogP contribution < -0.4 is 9.64 Å². The highest BCUT2D eigenvalue weighted by molar-refractivity contribution is 5.88. The van der Waals surface area contributed by atoms with Crippen molar-refractivity contribution in [1.82, 2.24) is 0 Å². The second kappa shape index (κ2) is 5.06. The zero-order chi connectivity index (χ0) is 18.9. The zero-order valence-corrected chi connectivity index (χ0v) is 15.5. The Morgan fingerprint density at radius 3 is 2.62 bits per heavy atom. The van der Waals surface area contributed by atoms with E-state index in [2.05, 4.69) is 49.7 Å². The fourth-order valence-electron chi connectivity index (χ4n) is 4.25. The van der Waals surface area contributed by atoms with Crippen LogP contribution in [0.15, 0.2) is 35.3 Å². The largest absolute Gasteiger partial charge is 0.459 e. The summed E-state index contributed by atoms with van der Waals surface area (Å²) >= 11 is 0. The van der Waals surface area contributed by atoms with Gasteiger partial charge < -0.3 is 9.64 Å². The van der Waals surface area contributed by atoms with Gasteiger partial charge in [0.1, 0.15) is 11.4 Å². The van der Waals surface area contributed by atoms with Gasteiger partial charge in [-0.25, -0.2) is 0 Å². The molecule has 2 aliphatic rings. The number of fused-ring (bicyclic) bond motifs is 2. The molecule has 134 valence electrons. The Morgan fingerprint density at radius 1 is 1.19 bits per heavy atom. The van der Waals surface area contributed by atoms with E-state index in [4.69, 9.17) is 4.74 Å². The SMILES string of the molecule is Cc1ccc2c(c1C)C(C)(C)C1(C=Nc3cc([N+](=O)[O-])ccc3O1)N2C. The quantitative estimate of drug-likeness (QED) is 0.563. The number of nitro groups is 1. The van der Waals surface area contributed by atoms with Crippen molar-refractivity contribution < 1.29 is 9.66 Å². The number of nitro benzene ring substituents is 1. The van der Waals surface area contributed by atoms with Gasteiger partial charge in [-0.2, -0.15) is 0 Å². The third kappa shape index (κ3) is 1.90. The second-order valence-corrected chi connectivity index (χ2v) is 7.55. The lowest BCUT2D eigenvalue weighted by atomic mass is 9.75. The Bertz CT molecular complexity index is 981. The predicted octanol–water partition coefficient (Wildman–Crippen LogP) is 4.43. The summed E-state index contributed by atoms with van der Waals surface area (Å²) in [5.41, 5.74) is 4.22. The topological polar surface area (TPSA) is 68.0 Å². The number of nitrogens with zero attached hydrogens (tertiary/aromatic N) is 3. The average molecular weight is 351 g/mol. The van der Waals surface area contributed by atoms with Gasteiger partial charge in [0, 0.05) is 24.9 Å². The summed E-state index contributed by atoms with van der Waals surface area (Å²) in [5.74, 6) is 0.556. The summed E-state index contributed by atoms with van der Waals surface area (Å²) < 4.78 is 6.47. The van der Waals surface area contributed by atoms with Crippen LogP contribution in [-0.2, 0) is 5.41 Å². The van der Waals surface area contributed by atoms with E-state index in [0.717, 1.165) is 5.69 Å². The Balaban J connectivity index is 1.87. The summed E-state index contributed by atoms with van der Waals surface area (Å²) in [4.78, 5) is 17.3. The number of rotatable bonds is 1. The van der Waals surface area contributed by atoms with Crippen molar-refractivity contribution in [2.45, 2.75) is 38.8 Å². The smallest absolute Gasteiger partial charge is 0.271 e. The number of aryl methyl sites for hydroxylation is 1. The minimum absolute atomic E-state index is 0.00856. The van der Waals surface area contributed by atoms with E-state index in [1.807, 2.05) is 7.05 Å². The van der Waals surface area contributed by atoms with E-state index >= 15 is 0 Å². The van der Waals surface area contributed by atoms with Crippen molar-refractivity contribution in [2.24, 2.45) is 4.99 Å². The standard InChI is InChI=1S/C20H21N3O3/c1-12-6-8-16-18(13(12)2)19(3,4)20(22(16)5)11-21-15-10-14(23(24)25)7-9-17(15)26-20/h6-11H,1-5H3. The first-order valence-electron chi connectivity index (χ1n) is 8.56. The highest BCUT2D eigenvalue weighted by Gasteiger charge is 2.59. The zero-order valence-electron chi connectivity index (χ0n) is 15.5. The van der Waals surface area contributed by atoms with Gasteiger partial charge in [0.2, 0.25) is 5.72 Å². The molecule has 0 bridgehead atoms. The van der Waals surface area contributed by atoms with Gasteiger partial charge >= 0.3 is 0 Å². The summed E-state index contributed by atoms with van der Waals surface area (Å²) in [6.45, 7) is 8.56. The fourth-order valence-corrected chi connectivity index (χ4v) is 4.25. The van der Waals surface area contributed by atoms with E-state index in [1.54, 1.807) is 12.3 Å². The van der Waals surface area contributed by atoms with Gasteiger partial charge in [-0.1, -0.05) is 6.07 Å². The van der Waals surface area contributed by atoms with Crippen molar-refractivity contribution in [3.05, 3.63) is 57.1 Å². The van der Waals surface area contributed by atoms with Gasteiger partial charge in [0.25, 0.3) is 5.69 Å². The molecule has 0 saturated carbocycles. The number of hydrogen-bond acceptors (Lipinski definition) is 5. The summed E-state index contributed by atoms with van der Waals surface area (Å²) in [5, 5.41) is 11.0. The van der Waals surface area contributed by atoms with Crippen LogP contribution in [0, 0.1) is 24.0 Å². The van der Waals surface area contributed by atoms with Gasteiger partial charge in [-0.3, -0.25) is 15.1 Å². The average Bonchev–Trinajstić information content (AvgIpc) is 2.76. The van der Waals surface area contributed by atoms with Crippen molar-refractivity contribution in [1.29, 1.82) is 0 Å². The normalized spacial score (nSPS) is 22.1. The molecular weight excluding hydrogens is 330 g/mol. The molecular formula is C20H21N3O3. The van der Waals surface area contributed by atoms with Crippen LogP contribution in [0.3, 0.4) is 0 Å². The van der Waals surface area contributed by atoms with Crippen LogP contribution >= 0.6 is 0 Å². The van der Waals surface area contributed by atoms with Crippen molar-refractivity contribution in [2.75, 3.05) is 11.9 Å². The van der Waals surface area contributed by atoms with Gasteiger partial charge in [-0.15, -0.1) is 0 Å². The summed E-state index contributed by atoms with van der Waals surface area (Å²) in [7, 11) is 2.00. The molecule has 2 aliphatic heterocycles. The first-order chi connectivity index (χ1) is 12.2. The molecule has 6 heteroatoms. The molecule has 1 unspecified atom stereocenters. The summed E-state index contributed by atoms with van der Waals surface area (Å²) in [6, 6.07) is 8.78. The molecule has 6 nitrogen and oxygen atoms in total. The maximum atomic E-state index is 11.0. The first kappa shape index (κ1) is 16.6. The molecule has 0 N–H and O–H groups in total. The molecule has 0 fully saturated rings. The van der Waals surface area contributed by atoms with E-state index in [0.29, 0.717) is 11.4 Å². The number of likely N-dealkylation sites (N-methyl/N-ethyl adjacent to an activating group) is 1. The number of non-ortho nitro benzene ring substituents is 1. The van der Waals surface area contributed by atoms with E-state index in [1.165, 1.54) is 28.8 Å². The van der Waals surface area contributed by atoms with Crippen LogP contribution in [0.25, 0.3) is 0 Å². The van der Waals surface area contributed by atoms with Crippen molar-refractivity contribution in [3.8, 4) is 5.75 Å². The molecule has 0 radical (unpaired) electrons. The first-order valence-corrected chi connectivity index (χ1v) is 8.56. The number of hydrogen-bond donors (Lipinski definition) is 0. The summed E-state index contributed by atoms with van der Waals surface area (Å²) in [6.07, 6.45) is 1.79. The number of anilines is 1. The number of aliphatic imine (C=N–C) groups is 1. The predicted molar refractivity (Wildman–Crippen MR) is 102 cm³/mol. The molecule has 2 aromatic rings. The van der Waals surface area contributed by atoms with Crippen molar-refractivity contribution in [3.63, 3.8) is 0 Å². The minimum atomic E-state index is -0.781. The molecule has 1 spiro atoms. The minimum Gasteiger partial charge on any atom is -0.459 e. The molecule has 26 heavy (non-hydrogen) atoms. The Labute approximate surface area is 152 Å². The molecule has 4 rings (SSSR count). The van der Waals surface area contributed by atoms with Crippen LogP contribution in [0.4, 0.5) is 17.1 Å². The third-order valence-electron chi connectivity index (χ3n) is 5.89. The van der Waals surface area contributed by atoms with Gasteiger partial charge in [-0.05, 0) is 56.5 Å². The monoisotopic (exact) mass is 351 g/mol. The fraction of sp³-hybridized carbons (Fsp3) is 0.350. The number of ether oxygens (including phenoxy) is 1. The maximum Gasteiger partial charge on any atom is 0.271 e. The Kier molecular flexibility index (Phi) is 3.23. The van der Waals surface area contributed by atoms with Crippen LogP contribution in [0.1, 0.15) is 30.5 Å². The molecule has 2 heterocycles.